The zero-order valence-electron chi connectivity index (χ0n) is 12.4. The van der Waals surface area contributed by atoms with E-state index in [0.29, 0.717) is 0 Å². The van der Waals surface area contributed by atoms with Gasteiger partial charge in [0.25, 0.3) is 0 Å². The van der Waals surface area contributed by atoms with Gasteiger partial charge in [0.05, 0.1) is 5.69 Å². The maximum atomic E-state index is 4.83. The maximum absolute atomic E-state index is 4.83. The van der Waals surface area contributed by atoms with Crippen LogP contribution in [-0.4, -0.2) is 16.0 Å². The van der Waals surface area contributed by atoms with Gasteiger partial charge in [-0.15, -0.1) is 11.3 Å². The smallest absolute Gasteiger partial charge is 0.124 e. The molecule has 0 radical (unpaired) electrons. The summed E-state index contributed by atoms with van der Waals surface area (Å²) in [6, 6.07) is 5.00. The minimum absolute atomic E-state index is 0.746. The van der Waals surface area contributed by atoms with Crippen molar-refractivity contribution in [3.05, 3.63) is 34.1 Å². The van der Waals surface area contributed by atoms with Gasteiger partial charge >= 0.3 is 0 Å². The lowest BCUT2D eigenvalue weighted by Gasteiger charge is -2.01. The van der Waals surface area contributed by atoms with Crippen molar-refractivity contribution in [2.75, 3.05) is 0 Å². The van der Waals surface area contributed by atoms with E-state index in [1.165, 1.54) is 29.0 Å². The Bertz CT molecular complexity index is 594. The summed E-state index contributed by atoms with van der Waals surface area (Å²) in [5.74, 6) is 0. The van der Waals surface area contributed by atoms with Gasteiger partial charge in [-0.2, -0.15) is 0 Å². The van der Waals surface area contributed by atoms with Crippen molar-refractivity contribution in [1.82, 2.24) is 15.3 Å². The van der Waals surface area contributed by atoms with Crippen molar-refractivity contribution in [3.8, 4) is 10.6 Å². The van der Waals surface area contributed by atoms with Gasteiger partial charge in [0.2, 0.25) is 0 Å². The Morgan fingerprint density at radius 1 is 1.20 bits per heavy atom. The molecule has 1 N–H and O–H groups in total. The van der Waals surface area contributed by atoms with Crippen LogP contribution in [0, 0.1) is 13.8 Å². The highest BCUT2D eigenvalue weighted by atomic mass is 32.1. The molecule has 3 nitrogen and oxygen atoms in total. The molecule has 0 unspecified atom stereocenters. The van der Waals surface area contributed by atoms with Crippen LogP contribution in [-0.2, 0) is 13.0 Å². The number of hydrogen-bond donors (Lipinski definition) is 1. The van der Waals surface area contributed by atoms with Gasteiger partial charge in [-0.05, 0) is 45.2 Å². The van der Waals surface area contributed by atoms with Gasteiger partial charge in [0.1, 0.15) is 5.01 Å². The molecule has 0 spiro atoms. The third-order valence-corrected chi connectivity index (χ3v) is 4.72. The molecule has 0 aliphatic heterocycles. The van der Waals surface area contributed by atoms with Gasteiger partial charge < -0.3 is 5.32 Å². The number of rotatable bonds is 5. The number of aryl methyl sites for hydroxylation is 3. The summed E-state index contributed by atoms with van der Waals surface area (Å²) in [7, 11) is 0. The van der Waals surface area contributed by atoms with E-state index in [9.17, 15) is 0 Å². The summed E-state index contributed by atoms with van der Waals surface area (Å²) in [5.41, 5.74) is 4.56. The van der Waals surface area contributed by atoms with E-state index in [-0.39, 0.29) is 0 Å². The third kappa shape index (κ3) is 3.07. The predicted molar refractivity (Wildman–Crippen MR) is 84.1 cm³/mol. The first-order valence-electron chi connectivity index (χ1n) is 7.33. The van der Waals surface area contributed by atoms with Crippen LogP contribution in [0.1, 0.15) is 41.7 Å². The second-order valence-corrected chi connectivity index (χ2v) is 6.62. The van der Waals surface area contributed by atoms with E-state index in [4.69, 9.17) is 4.98 Å². The van der Waals surface area contributed by atoms with E-state index in [0.717, 1.165) is 35.4 Å². The monoisotopic (exact) mass is 287 g/mol. The first-order valence-corrected chi connectivity index (χ1v) is 8.15. The SMILES string of the molecule is CCc1nc(-c2cc(C)nc(C)c2)sc1CNC1CC1. The summed E-state index contributed by atoms with van der Waals surface area (Å²) in [4.78, 5) is 10.7. The molecule has 2 aromatic rings. The zero-order chi connectivity index (χ0) is 14.1. The van der Waals surface area contributed by atoms with Gasteiger partial charge in [-0.1, -0.05) is 6.92 Å². The molecule has 3 rings (SSSR count). The predicted octanol–water partition coefficient (Wildman–Crippen LogP) is 3.64. The first kappa shape index (κ1) is 13.7. The van der Waals surface area contributed by atoms with Crippen LogP contribution < -0.4 is 5.32 Å². The molecule has 0 saturated heterocycles. The van der Waals surface area contributed by atoms with Gasteiger partial charge in [-0.3, -0.25) is 4.98 Å². The molecule has 106 valence electrons. The fourth-order valence-electron chi connectivity index (χ4n) is 2.40. The molecule has 1 fully saturated rings. The topological polar surface area (TPSA) is 37.8 Å². The molecular formula is C16H21N3S. The number of hydrogen-bond acceptors (Lipinski definition) is 4. The number of nitrogens with zero attached hydrogens (tertiary/aromatic N) is 2. The molecule has 20 heavy (non-hydrogen) atoms. The Kier molecular flexibility index (Phi) is 3.85. The van der Waals surface area contributed by atoms with E-state index in [1.807, 2.05) is 25.2 Å². The summed E-state index contributed by atoms with van der Waals surface area (Å²) in [6.07, 6.45) is 3.66. The van der Waals surface area contributed by atoms with Crippen LogP contribution in [0.5, 0.6) is 0 Å². The lowest BCUT2D eigenvalue weighted by Crippen LogP contribution is -2.15. The average Bonchev–Trinajstić information content (AvgIpc) is 3.14. The van der Waals surface area contributed by atoms with Gasteiger partial charge in [0, 0.05) is 34.4 Å². The normalized spacial score (nSPS) is 14.8. The molecule has 0 aromatic carbocycles. The summed E-state index contributed by atoms with van der Waals surface area (Å²) >= 11 is 1.82. The Morgan fingerprint density at radius 3 is 2.50 bits per heavy atom. The zero-order valence-corrected chi connectivity index (χ0v) is 13.2. The molecule has 2 aromatic heterocycles. The molecule has 0 amide bonds. The van der Waals surface area contributed by atoms with E-state index in [2.05, 4.69) is 29.4 Å². The summed E-state index contributed by atoms with van der Waals surface area (Å²) in [6.45, 7) is 7.23. The summed E-state index contributed by atoms with van der Waals surface area (Å²) < 4.78 is 0. The standard InChI is InChI=1S/C16H21N3S/c1-4-14-15(9-17-13-5-6-13)20-16(19-14)12-7-10(2)18-11(3)8-12/h7-8,13,17H,4-6,9H2,1-3H3. The molecular weight excluding hydrogens is 266 g/mol. The molecule has 0 atom stereocenters. The fourth-order valence-corrected chi connectivity index (χ4v) is 3.49. The second kappa shape index (κ2) is 5.62. The van der Waals surface area contributed by atoms with Gasteiger partial charge in [-0.25, -0.2) is 4.98 Å². The van der Waals surface area contributed by atoms with Crippen LogP contribution in [0.4, 0.5) is 0 Å². The number of nitrogens with one attached hydrogen (secondary N) is 1. The van der Waals surface area contributed by atoms with E-state index < -0.39 is 0 Å². The Balaban J connectivity index is 1.88. The van der Waals surface area contributed by atoms with E-state index >= 15 is 0 Å². The van der Waals surface area contributed by atoms with E-state index in [1.54, 1.807) is 0 Å². The Hall–Kier alpha value is -1.26. The Labute approximate surface area is 124 Å². The third-order valence-electron chi connectivity index (χ3n) is 3.57. The van der Waals surface area contributed by atoms with Crippen molar-refractivity contribution in [2.45, 2.75) is 52.6 Å². The maximum Gasteiger partial charge on any atom is 0.124 e. The molecule has 0 bridgehead atoms. The fraction of sp³-hybridized carbons (Fsp3) is 0.500. The van der Waals surface area contributed by atoms with Crippen LogP contribution in [0.3, 0.4) is 0 Å². The second-order valence-electron chi connectivity index (χ2n) is 5.54. The van der Waals surface area contributed by atoms with Crippen molar-refractivity contribution in [3.63, 3.8) is 0 Å². The van der Waals surface area contributed by atoms with Crippen molar-refractivity contribution >= 4 is 11.3 Å². The molecule has 2 heterocycles. The first-order chi connectivity index (χ1) is 9.65. The molecule has 1 aliphatic carbocycles. The molecule has 4 heteroatoms. The number of pyridine rings is 1. The van der Waals surface area contributed by atoms with Crippen molar-refractivity contribution in [1.29, 1.82) is 0 Å². The minimum Gasteiger partial charge on any atom is -0.309 e. The number of thiazole rings is 1. The molecule has 1 saturated carbocycles. The lowest BCUT2D eigenvalue weighted by atomic mass is 10.2. The van der Waals surface area contributed by atoms with Crippen molar-refractivity contribution in [2.24, 2.45) is 0 Å². The lowest BCUT2D eigenvalue weighted by molar-refractivity contribution is 0.689. The molecule has 1 aliphatic rings. The minimum atomic E-state index is 0.746. The van der Waals surface area contributed by atoms with Crippen LogP contribution in [0.25, 0.3) is 10.6 Å². The highest BCUT2D eigenvalue weighted by Crippen LogP contribution is 2.30. The van der Waals surface area contributed by atoms with Crippen LogP contribution in [0.15, 0.2) is 12.1 Å². The largest absolute Gasteiger partial charge is 0.309 e. The number of aromatic nitrogens is 2. The summed E-state index contributed by atoms with van der Waals surface area (Å²) in [5, 5.41) is 4.72. The van der Waals surface area contributed by atoms with Crippen LogP contribution >= 0.6 is 11.3 Å². The Morgan fingerprint density at radius 2 is 1.90 bits per heavy atom. The highest BCUT2D eigenvalue weighted by Gasteiger charge is 2.21. The van der Waals surface area contributed by atoms with Crippen molar-refractivity contribution < 1.29 is 0 Å². The average molecular weight is 287 g/mol. The highest BCUT2D eigenvalue weighted by molar-refractivity contribution is 7.15. The quantitative estimate of drug-likeness (QED) is 0.912. The van der Waals surface area contributed by atoms with Gasteiger partial charge in [0.15, 0.2) is 0 Å². The van der Waals surface area contributed by atoms with Crippen LogP contribution in [0.2, 0.25) is 0 Å².